The van der Waals surface area contributed by atoms with Crippen molar-refractivity contribution in [3.63, 3.8) is 0 Å². The lowest BCUT2D eigenvalue weighted by molar-refractivity contribution is -0.169. The second-order valence-corrected chi connectivity index (χ2v) is 6.84. The molecule has 1 atom stereocenters. The molecule has 28 heavy (non-hydrogen) atoms. The van der Waals surface area contributed by atoms with E-state index in [4.69, 9.17) is 15.2 Å². The molecule has 0 fully saturated rings. The van der Waals surface area contributed by atoms with Gasteiger partial charge in [-0.3, -0.25) is 4.79 Å². The Hall–Kier alpha value is -2.62. The van der Waals surface area contributed by atoms with Crippen LogP contribution in [0.1, 0.15) is 31.6 Å². The second-order valence-electron chi connectivity index (χ2n) is 5.76. The number of halogens is 3. The molecule has 152 valence electrons. The highest BCUT2D eigenvalue weighted by atomic mass is 32.1. The van der Waals surface area contributed by atoms with Gasteiger partial charge < -0.3 is 15.2 Å². The number of carbonyl (C=O) groups is 2. The van der Waals surface area contributed by atoms with Gasteiger partial charge in [0.15, 0.2) is 6.10 Å². The van der Waals surface area contributed by atoms with E-state index in [2.05, 4.69) is 4.99 Å². The molecule has 0 aliphatic carbocycles. The summed E-state index contributed by atoms with van der Waals surface area (Å²) in [4.78, 5) is 26.1. The van der Waals surface area contributed by atoms with Crippen molar-refractivity contribution in [3.8, 4) is 5.75 Å². The van der Waals surface area contributed by atoms with Crippen molar-refractivity contribution < 1.29 is 32.2 Å². The topological polar surface area (TPSA) is 91.0 Å². The van der Waals surface area contributed by atoms with Gasteiger partial charge in [-0.2, -0.15) is 18.2 Å². The summed E-state index contributed by atoms with van der Waals surface area (Å²) < 4.78 is 48.4. The first-order valence-electron chi connectivity index (χ1n) is 8.48. The molecule has 1 heterocycles. The molecular weight excluding hydrogens is 397 g/mol. The van der Waals surface area contributed by atoms with Crippen molar-refractivity contribution in [1.82, 2.24) is 0 Å². The van der Waals surface area contributed by atoms with E-state index in [0.29, 0.717) is 22.3 Å². The molecule has 10 heteroatoms. The number of amides is 1. The van der Waals surface area contributed by atoms with E-state index in [1.165, 1.54) is 6.07 Å². The standard InChI is InChI=1S/C18H19F3N2O4S/c1-3-5-12(16(24)26-4-2)27-11-7-6-10-8-14(28-13(10)9-11)15(22)23-17(25)18(19,20)21/h6-9,12H,3-5H2,1-2H3,(H2,22,23,25). The van der Waals surface area contributed by atoms with Gasteiger partial charge in [0.2, 0.25) is 0 Å². The van der Waals surface area contributed by atoms with Crippen molar-refractivity contribution in [1.29, 1.82) is 0 Å². The molecule has 1 unspecified atom stereocenters. The number of amidine groups is 1. The van der Waals surface area contributed by atoms with E-state index in [1.807, 2.05) is 6.92 Å². The van der Waals surface area contributed by atoms with Crippen LogP contribution in [0, 0.1) is 0 Å². The van der Waals surface area contributed by atoms with Crippen LogP contribution in [0.25, 0.3) is 10.1 Å². The van der Waals surface area contributed by atoms with Crippen LogP contribution in [0.15, 0.2) is 29.3 Å². The first kappa shape index (κ1) is 21.7. The normalized spacial score (nSPS) is 13.4. The van der Waals surface area contributed by atoms with Gasteiger partial charge in [0.05, 0.1) is 11.5 Å². The van der Waals surface area contributed by atoms with E-state index in [1.54, 1.807) is 25.1 Å². The first-order chi connectivity index (χ1) is 13.2. The minimum absolute atomic E-state index is 0.222. The molecule has 0 saturated carbocycles. The Morgan fingerprint density at radius 3 is 2.57 bits per heavy atom. The Labute approximate surface area is 163 Å². The highest BCUT2D eigenvalue weighted by Gasteiger charge is 2.38. The third kappa shape index (κ3) is 5.44. The molecule has 0 aliphatic heterocycles. The molecule has 2 rings (SSSR count). The molecule has 0 saturated heterocycles. The molecule has 0 spiro atoms. The van der Waals surface area contributed by atoms with Crippen LogP contribution in [0.3, 0.4) is 0 Å². The maximum absolute atomic E-state index is 12.3. The number of carbonyl (C=O) groups excluding carboxylic acids is 2. The van der Waals surface area contributed by atoms with Gasteiger partial charge in [-0.1, -0.05) is 13.3 Å². The largest absolute Gasteiger partial charge is 0.479 e. The van der Waals surface area contributed by atoms with E-state index in [0.717, 1.165) is 17.8 Å². The lowest BCUT2D eigenvalue weighted by Gasteiger charge is -2.17. The number of rotatable bonds is 7. The maximum Gasteiger partial charge on any atom is 0.473 e. The Balaban J connectivity index is 2.25. The highest BCUT2D eigenvalue weighted by Crippen LogP contribution is 2.30. The number of hydrogen-bond acceptors (Lipinski definition) is 5. The Morgan fingerprint density at radius 1 is 1.25 bits per heavy atom. The van der Waals surface area contributed by atoms with E-state index in [-0.39, 0.29) is 11.5 Å². The molecule has 1 aromatic carbocycles. The summed E-state index contributed by atoms with van der Waals surface area (Å²) in [5.41, 5.74) is 5.53. The van der Waals surface area contributed by atoms with Crippen molar-refractivity contribution in [3.05, 3.63) is 29.1 Å². The van der Waals surface area contributed by atoms with Crippen LogP contribution in [-0.4, -0.2) is 36.6 Å². The molecule has 6 nitrogen and oxygen atoms in total. The summed E-state index contributed by atoms with van der Waals surface area (Å²) in [5.74, 6) is -2.82. The average Bonchev–Trinajstić information content (AvgIpc) is 3.04. The van der Waals surface area contributed by atoms with Gasteiger partial charge in [-0.15, -0.1) is 11.3 Å². The minimum Gasteiger partial charge on any atom is -0.479 e. The smallest absolute Gasteiger partial charge is 0.473 e. The van der Waals surface area contributed by atoms with Crippen LogP contribution in [0.2, 0.25) is 0 Å². The summed E-state index contributed by atoms with van der Waals surface area (Å²) in [6, 6.07) is 6.48. The lowest BCUT2D eigenvalue weighted by atomic mass is 10.2. The zero-order chi connectivity index (χ0) is 20.9. The van der Waals surface area contributed by atoms with Crippen molar-refractivity contribution in [2.24, 2.45) is 10.7 Å². The third-order valence-electron chi connectivity index (χ3n) is 3.59. The number of esters is 1. The van der Waals surface area contributed by atoms with Gasteiger partial charge >= 0.3 is 18.1 Å². The van der Waals surface area contributed by atoms with Gasteiger partial charge in [0, 0.05) is 4.70 Å². The van der Waals surface area contributed by atoms with Crippen LogP contribution < -0.4 is 10.5 Å². The molecule has 2 aromatic rings. The molecule has 2 N–H and O–H groups in total. The monoisotopic (exact) mass is 416 g/mol. The maximum atomic E-state index is 12.3. The summed E-state index contributed by atoms with van der Waals surface area (Å²) >= 11 is 1.06. The summed E-state index contributed by atoms with van der Waals surface area (Å²) in [6.45, 7) is 3.86. The SMILES string of the molecule is CCCC(Oc1ccc2cc(/C(N)=N\C(=O)C(F)(F)F)sc2c1)C(=O)OCC. The number of benzene rings is 1. The molecule has 1 aromatic heterocycles. The summed E-state index contributed by atoms with van der Waals surface area (Å²) in [5, 5.41) is 0.688. The van der Waals surface area contributed by atoms with Gasteiger partial charge in [-0.25, -0.2) is 4.79 Å². The van der Waals surface area contributed by atoms with Crippen LogP contribution in [0.4, 0.5) is 13.2 Å². The number of hydrogen-bond donors (Lipinski definition) is 1. The van der Waals surface area contributed by atoms with Crippen molar-refractivity contribution in [2.45, 2.75) is 39.0 Å². The molecule has 0 bridgehead atoms. The quantitative estimate of drug-likeness (QED) is 0.421. The van der Waals surface area contributed by atoms with Crippen LogP contribution in [0.5, 0.6) is 5.75 Å². The second kappa shape index (κ2) is 9.05. The van der Waals surface area contributed by atoms with E-state index in [9.17, 15) is 22.8 Å². The Morgan fingerprint density at radius 2 is 1.96 bits per heavy atom. The summed E-state index contributed by atoms with van der Waals surface area (Å²) in [6.07, 6.45) is -4.64. The molecular formula is C18H19F3N2O4S. The van der Waals surface area contributed by atoms with Crippen LogP contribution in [-0.2, 0) is 14.3 Å². The van der Waals surface area contributed by atoms with Gasteiger partial charge in [0.1, 0.15) is 11.6 Å². The number of thiophene rings is 1. The Bertz CT molecular complexity index is 893. The van der Waals surface area contributed by atoms with E-state index >= 15 is 0 Å². The fraction of sp³-hybridized carbons (Fsp3) is 0.389. The predicted molar refractivity (Wildman–Crippen MR) is 99.6 cm³/mol. The number of fused-ring (bicyclic) bond motifs is 1. The van der Waals surface area contributed by atoms with Gasteiger partial charge in [0.25, 0.3) is 0 Å². The highest BCUT2D eigenvalue weighted by molar-refractivity contribution is 7.20. The number of aliphatic imine (C=N–C) groups is 1. The zero-order valence-corrected chi connectivity index (χ0v) is 16.0. The fourth-order valence-electron chi connectivity index (χ4n) is 2.33. The first-order valence-corrected chi connectivity index (χ1v) is 9.29. The van der Waals surface area contributed by atoms with Crippen molar-refractivity contribution >= 4 is 39.1 Å². The number of ether oxygens (including phenoxy) is 2. The van der Waals surface area contributed by atoms with Crippen molar-refractivity contribution in [2.75, 3.05) is 6.61 Å². The Kier molecular flexibility index (Phi) is 7.00. The third-order valence-corrected chi connectivity index (χ3v) is 4.71. The zero-order valence-electron chi connectivity index (χ0n) is 15.2. The fourth-order valence-corrected chi connectivity index (χ4v) is 3.32. The van der Waals surface area contributed by atoms with Crippen LogP contribution >= 0.6 is 11.3 Å². The average molecular weight is 416 g/mol. The minimum atomic E-state index is -5.08. The number of nitrogens with zero attached hydrogens (tertiary/aromatic N) is 1. The predicted octanol–water partition coefficient (Wildman–Crippen LogP) is 3.81. The lowest BCUT2D eigenvalue weighted by Crippen LogP contribution is -2.29. The molecule has 0 radical (unpaired) electrons. The van der Waals surface area contributed by atoms with Gasteiger partial charge in [-0.05, 0) is 43.0 Å². The van der Waals surface area contributed by atoms with E-state index < -0.39 is 30.0 Å². The molecule has 1 amide bonds. The number of alkyl halides is 3. The molecule has 0 aliphatic rings. The number of nitrogens with two attached hydrogens (primary N) is 1. The summed E-state index contributed by atoms with van der Waals surface area (Å²) in [7, 11) is 0.